The van der Waals surface area contributed by atoms with Crippen LogP contribution in [0.5, 0.6) is 0 Å². The van der Waals surface area contributed by atoms with E-state index in [2.05, 4.69) is 85.5 Å². The van der Waals surface area contributed by atoms with Gasteiger partial charge in [-0.3, -0.25) is 4.90 Å². The van der Waals surface area contributed by atoms with E-state index in [1.165, 1.54) is 39.0 Å². The Balaban J connectivity index is 1.85. The Labute approximate surface area is 153 Å². The molecular formula is C24H21NO. The highest BCUT2D eigenvalue weighted by atomic mass is 16.4. The highest BCUT2D eigenvalue weighted by Gasteiger charge is 2.28. The minimum Gasteiger partial charge on any atom is -0.439 e. The van der Waals surface area contributed by atoms with Gasteiger partial charge in [0.15, 0.2) is 0 Å². The molecule has 0 radical (unpaired) electrons. The highest BCUT2D eigenvalue weighted by molar-refractivity contribution is 5.92. The zero-order chi connectivity index (χ0) is 17.7. The molecule has 0 saturated heterocycles. The summed E-state index contributed by atoms with van der Waals surface area (Å²) in [5.74, 6) is 0.963. The SMILES string of the molecule is Cc1ccc2oc3c(c2c1)CCc1ccccc1N3c1ccccc1C. The van der Waals surface area contributed by atoms with Gasteiger partial charge in [-0.15, -0.1) is 0 Å². The van der Waals surface area contributed by atoms with Gasteiger partial charge >= 0.3 is 0 Å². The number of anilines is 3. The number of fused-ring (bicyclic) bond motifs is 4. The molecule has 0 N–H and O–H groups in total. The average molecular weight is 339 g/mol. The molecule has 26 heavy (non-hydrogen) atoms. The summed E-state index contributed by atoms with van der Waals surface area (Å²) < 4.78 is 6.43. The number of rotatable bonds is 1. The summed E-state index contributed by atoms with van der Waals surface area (Å²) in [4.78, 5) is 2.31. The Kier molecular flexibility index (Phi) is 3.39. The average Bonchev–Trinajstić information content (AvgIpc) is 2.91. The van der Waals surface area contributed by atoms with Crippen LogP contribution in [-0.2, 0) is 12.8 Å². The topological polar surface area (TPSA) is 16.4 Å². The van der Waals surface area contributed by atoms with Crippen molar-refractivity contribution in [3.8, 4) is 0 Å². The van der Waals surface area contributed by atoms with Crippen LogP contribution in [0.25, 0.3) is 11.0 Å². The summed E-state index contributed by atoms with van der Waals surface area (Å²) >= 11 is 0. The Morgan fingerprint density at radius 2 is 1.58 bits per heavy atom. The maximum atomic E-state index is 6.43. The molecule has 1 aliphatic heterocycles. The molecule has 2 heterocycles. The first-order valence-corrected chi connectivity index (χ1v) is 9.18. The van der Waals surface area contributed by atoms with E-state index >= 15 is 0 Å². The number of para-hydroxylation sites is 2. The maximum absolute atomic E-state index is 6.43. The second-order valence-electron chi connectivity index (χ2n) is 7.14. The molecule has 0 unspecified atom stereocenters. The smallest absolute Gasteiger partial charge is 0.209 e. The van der Waals surface area contributed by atoms with Crippen molar-refractivity contribution >= 4 is 28.2 Å². The first kappa shape index (κ1) is 15.3. The van der Waals surface area contributed by atoms with Gasteiger partial charge in [0.05, 0.1) is 11.4 Å². The second kappa shape index (κ2) is 5.77. The van der Waals surface area contributed by atoms with Gasteiger partial charge in [-0.25, -0.2) is 0 Å². The molecule has 4 aromatic rings. The number of nitrogens with zero attached hydrogens (tertiary/aromatic N) is 1. The van der Waals surface area contributed by atoms with E-state index in [1.54, 1.807) is 0 Å². The predicted molar refractivity (Wildman–Crippen MR) is 108 cm³/mol. The maximum Gasteiger partial charge on any atom is 0.209 e. The van der Waals surface area contributed by atoms with Crippen LogP contribution >= 0.6 is 0 Å². The van der Waals surface area contributed by atoms with Crippen LogP contribution in [-0.4, -0.2) is 0 Å². The fourth-order valence-corrected chi connectivity index (χ4v) is 4.03. The Hall–Kier alpha value is -3.00. The van der Waals surface area contributed by atoms with Crippen molar-refractivity contribution in [2.45, 2.75) is 26.7 Å². The van der Waals surface area contributed by atoms with Gasteiger partial charge in [0.25, 0.3) is 0 Å². The van der Waals surface area contributed by atoms with E-state index in [1.807, 2.05) is 0 Å². The van der Waals surface area contributed by atoms with Crippen LogP contribution in [0.2, 0.25) is 0 Å². The van der Waals surface area contributed by atoms with Gasteiger partial charge in [-0.05, 0) is 62.1 Å². The fraction of sp³-hybridized carbons (Fsp3) is 0.167. The van der Waals surface area contributed by atoms with Crippen molar-refractivity contribution in [3.63, 3.8) is 0 Å². The third kappa shape index (κ3) is 2.26. The van der Waals surface area contributed by atoms with Crippen LogP contribution in [0, 0.1) is 13.8 Å². The summed E-state index contributed by atoms with van der Waals surface area (Å²) in [7, 11) is 0. The highest BCUT2D eigenvalue weighted by Crippen LogP contribution is 2.46. The molecule has 0 saturated carbocycles. The number of furan rings is 1. The molecule has 2 nitrogen and oxygen atoms in total. The van der Waals surface area contributed by atoms with E-state index < -0.39 is 0 Å². The van der Waals surface area contributed by atoms with E-state index in [-0.39, 0.29) is 0 Å². The van der Waals surface area contributed by atoms with Crippen LogP contribution in [0.15, 0.2) is 71.1 Å². The Morgan fingerprint density at radius 1 is 0.808 bits per heavy atom. The van der Waals surface area contributed by atoms with Crippen molar-refractivity contribution in [1.29, 1.82) is 0 Å². The monoisotopic (exact) mass is 339 g/mol. The standard InChI is InChI=1S/C24H21NO/c1-16-11-14-23-20(15-16)19-13-12-18-8-4-6-10-22(18)25(24(19)26-23)21-9-5-3-7-17(21)2/h3-11,14-15H,12-13H2,1-2H3. The van der Waals surface area contributed by atoms with Crippen molar-refractivity contribution < 1.29 is 4.42 Å². The Morgan fingerprint density at radius 3 is 2.42 bits per heavy atom. The summed E-state index contributed by atoms with van der Waals surface area (Å²) in [6, 6.07) is 23.7. The molecule has 5 rings (SSSR count). The first-order valence-electron chi connectivity index (χ1n) is 9.18. The third-order valence-corrected chi connectivity index (χ3v) is 5.36. The van der Waals surface area contributed by atoms with Gasteiger partial charge in [-0.2, -0.15) is 0 Å². The quantitative estimate of drug-likeness (QED) is 0.387. The normalized spacial score (nSPS) is 13.4. The second-order valence-corrected chi connectivity index (χ2v) is 7.14. The lowest BCUT2D eigenvalue weighted by Crippen LogP contribution is -2.11. The van der Waals surface area contributed by atoms with E-state index in [9.17, 15) is 0 Å². The molecule has 0 amide bonds. The number of aryl methyl sites for hydroxylation is 4. The molecule has 128 valence electrons. The van der Waals surface area contributed by atoms with Gasteiger partial charge in [0.2, 0.25) is 5.88 Å². The molecule has 2 heteroatoms. The molecule has 3 aromatic carbocycles. The van der Waals surface area contributed by atoms with Gasteiger partial charge < -0.3 is 4.42 Å². The number of hydrogen-bond acceptors (Lipinski definition) is 2. The van der Waals surface area contributed by atoms with Crippen molar-refractivity contribution in [2.24, 2.45) is 0 Å². The van der Waals surface area contributed by atoms with Gasteiger partial charge in [-0.1, -0.05) is 48.0 Å². The van der Waals surface area contributed by atoms with Crippen molar-refractivity contribution in [1.82, 2.24) is 0 Å². The zero-order valence-corrected chi connectivity index (χ0v) is 15.1. The van der Waals surface area contributed by atoms with Crippen LogP contribution in [0.3, 0.4) is 0 Å². The number of benzene rings is 3. The predicted octanol–water partition coefficient (Wildman–Crippen LogP) is 6.62. The van der Waals surface area contributed by atoms with Gasteiger partial charge in [0.1, 0.15) is 5.58 Å². The van der Waals surface area contributed by atoms with Crippen LogP contribution in [0.4, 0.5) is 17.3 Å². The summed E-state index contributed by atoms with van der Waals surface area (Å²) in [6.45, 7) is 4.30. The minimum absolute atomic E-state index is 0.963. The lowest BCUT2D eigenvalue weighted by atomic mass is 10.0. The van der Waals surface area contributed by atoms with E-state index in [0.717, 1.165) is 24.3 Å². The molecule has 0 atom stereocenters. The minimum atomic E-state index is 0.963. The van der Waals surface area contributed by atoms with Crippen LogP contribution < -0.4 is 4.90 Å². The lowest BCUT2D eigenvalue weighted by Gasteiger charge is -2.25. The molecular weight excluding hydrogens is 318 g/mol. The largest absolute Gasteiger partial charge is 0.439 e. The Bertz CT molecular complexity index is 1120. The van der Waals surface area contributed by atoms with E-state index in [4.69, 9.17) is 4.42 Å². The molecule has 1 aromatic heterocycles. The first-order chi connectivity index (χ1) is 12.7. The lowest BCUT2D eigenvalue weighted by molar-refractivity contribution is 0.617. The summed E-state index contributed by atoms with van der Waals surface area (Å²) in [6.07, 6.45) is 2.01. The van der Waals surface area contributed by atoms with Crippen LogP contribution in [0.1, 0.15) is 22.3 Å². The summed E-state index contributed by atoms with van der Waals surface area (Å²) in [5.41, 5.74) is 8.55. The molecule has 0 aliphatic carbocycles. The third-order valence-electron chi connectivity index (χ3n) is 5.36. The van der Waals surface area contributed by atoms with Crippen molar-refractivity contribution in [2.75, 3.05) is 4.90 Å². The molecule has 0 fully saturated rings. The summed E-state index contributed by atoms with van der Waals surface area (Å²) in [5, 5.41) is 1.24. The zero-order valence-electron chi connectivity index (χ0n) is 15.1. The molecule has 0 spiro atoms. The molecule has 0 bridgehead atoms. The fourth-order valence-electron chi connectivity index (χ4n) is 4.03. The van der Waals surface area contributed by atoms with E-state index in [0.29, 0.717) is 0 Å². The van der Waals surface area contributed by atoms with Crippen molar-refractivity contribution in [3.05, 3.63) is 89.0 Å². The number of hydrogen-bond donors (Lipinski definition) is 0. The molecule has 1 aliphatic rings. The van der Waals surface area contributed by atoms with Gasteiger partial charge in [0, 0.05) is 10.9 Å².